The number of hydrogen-bond donors (Lipinski definition) is 3. The molecular weight excluding hydrogens is 184 g/mol. The Bertz CT molecular complexity index is 192. The highest BCUT2D eigenvalue weighted by atomic mass is 16.4. The summed E-state index contributed by atoms with van der Waals surface area (Å²) in [6, 6.07) is 0.414. The van der Waals surface area contributed by atoms with Gasteiger partial charge in [-0.05, 0) is 13.0 Å². The summed E-state index contributed by atoms with van der Waals surface area (Å²) in [4.78, 5) is 21.1. The van der Waals surface area contributed by atoms with E-state index in [0.29, 0.717) is 12.5 Å². The summed E-state index contributed by atoms with van der Waals surface area (Å²) < 4.78 is 0. The van der Waals surface area contributed by atoms with Gasteiger partial charge in [-0.3, -0.25) is 9.59 Å². The molecule has 3 N–H and O–H groups in total. The molecule has 5 nitrogen and oxygen atoms in total. The molecule has 0 rings (SSSR count). The molecular formula is C9H18N2O3. The molecule has 14 heavy (non-hydrogen) atoms. The van der Waals surface area contributed by atoms with Gasteiger partial charge in [-0.25, -0.2) is 0 Å². The largest absolute Gasteiger partial charge is 0.480 e. The molecule has 0 saturated carbocycles. The summed E-state index contributed by atoms with van der Waals surface area (Å²) >= 11 is 0. The zero-order valence-electron chi connectivity index (χ0n) is 8.67. The second kappa shape index (κ2) is 7.32. The fraction of sp³-hybridized carbons (Fsp3) is 0.778. The molecule has 0 atom stereocenters. The van der Waals surface area contributed by atoms with Crippen molar-refractivity contribution in [1.82, 2.24) is 10.6 Å². The van der Waals surface area contributed by atoms with Crippen molar-refractivity contribution < 1.29 is 14.7 Å². The summed E-state index contributed by atoms with van der Waals surface area (Å²) in [5.74, 6) is -1.23. The Morgan fingerprint density at radius 2 is 2.00 bits per heavy atom. The predicted octanol–water partition coefficient (Wildman–Crippen LogP) is -0.0346. The van der Waals surface area contributed by atoms with E-state index in [9.17, 15) is 9.59 Å². The third-order valence-corrected chi connectivity index (χ3v) is 1.57. The SMILES string of the molecule is CC(C)NCCCC(=O)NCC(=O)O. The molecule has 1 amide bonds. The van der Waals surface area contributed by atoms with Crippen molar-refractivity contribution in [1.29, 1.82) is 0 Å². The smallest absolute Gasteiger partial charge is 0.322 e. The lowest BCUT2D eigenvalue weighted by atomic mass is 10.2. The summed E-state index contributed by atoms with van der Waals surface area (Å²) in [6.07, 6.45) is 1.09. The number of carbonyl (C=O) groups excluding carboxylic acids is 1. The third kappa shape index (κ3) is 8.99. The van der Waals surface area contributed by atoms with Gasteiger partial charge in [0.1, 0.15) is 6.54 Å². The van der Waals surface area contributed by atoms with Crippen LogP contribution in [0.25, 0.3) is 0 Å². The summed E-state index contributed by atoms with van der Waals surface area (Å²) in [5, 5.41) is 13.8. The first kappa shape index (κ1) is 12.9. The van der Waals surface area contributed by atoms with Crippen LogP contribution in [0.4, 0.5) is 0 Å². The van der Waals surface area contributed by atoms with Crippen molar-refractivity contribution >= 4 is 11.9 Å². The minimum Gasteiger partial charge on any atom is -0.480 e. The number of hydrogen-bond acceptors (Lipinski definition) is 3. The number of carbonyl (C=O) groups is 2. The Hall–Kier alpha value is -1.10. The Balaban J connectivity index is 3.31. The number of rotatable bonds is 7. The summed E-state index contributed by atoms with van der Waals surface area (Å²) in [7, 11) is 0. The van der Waals surface area contributed by atoms with Gasteiger partial charge in [-0.15, -0.1) is 0 Å². The summed E-state index contributed by atoms with van der Waals surface area (Å²) in [5.41, 5.74) is 0. The van der Waals surface area contributed by atoms with E-state index in [-0.39, 0.29) is 12.5 Å². The van der Waals surface area contributed by atoms with Crippen LogP contribution in [0.15, 0.2) is 0 Å². The highest BCUT2D eigenvalue weighted by molar-refractivity contribution is 5.80. The third-order valence-electron chi connectivity index (χ3n) is 1.57. The monoisotopic (exact) mass is 202 g/mol. The van der Waals surface area contributed by atoms with E-state index in [1.54, 1.807) is 0 Å². The molecule has 0 unspecified atom stereocenters. The molecule has 0 radical (unpaired) electrons. The van der Waals surface area contributed by atoms with E-state index in [1.165, 1.54) is 0 Å². The van der Waals surface area contributed by atoms with Crippen LogP contribution >= 0.6 is 0 Å². The predicted molar refractivity (Wildman–Crippen MR) is 53.0 cm³/mol. The maximum Gasteiger partial charge on any atom is 0.322 e. The number of nitrogens with one attached hydrogen (secondary N) is 2. The van der Waals surface area contributed by atoms with Crippen LogP contribution < -0.4 is 10.6 Å². The van der Waals surface area contributed by atoms with Gasteiger partial charge in [-0.2, -0.15) is 0 Å². The molecule has 0 aliphatic carbocycles. The minimum absolute atomic E-state index is 0.210. The fourth-order valence-electron chi connectivity index (χ4n) is 0.902. The van der Waals surface area contributed by atoms with Gasteiger partial charge in [0.15, 0.2) is 0 Å². The van der Waals surface area contributed by atoms with E-state index in [2.05, 4.69) is 10.6 Å². The van der Waals surface area contributed by atoms with Gasteiger partial charge in [0, 0.05) is 12.5 Å². The van der Waals surface area contributed by atoms with Crippen LogP contribution in [0.3, 0.4) is 0 Å². The van der Waals surface area contributed by atoms with Gasteiger partial charge < -0.3 is 15.7 Å². The molecule has 0 saturated heterocycles. The molecule has 0 bridgehead atoms. The van der Waals surface area contributed by atoms with E-state index in [0.717, 1.165) is 13.0 Å². The van der Waals surface area contributed by atoms with E-state index >= 15 is 0 Å². The maximum absolute atomic E-state index is 11.0. The topological polar surface area (TPSA) is 78.4 Å². The number of carboxylic acids is 1. The van der Waals surface area contributed by atoms with Crippen LogP contribution in [-0.4, -0.2) is 36.1 Å². The first-order chi connectivity index (χ1) is 6.52. The van der Waals surface area contributed by atoms with Gasteiger partial charge in [0.05, 0.1) is 0 Å². The second-order valence-electron chi connectivity index (χ2n) is 3.38. The summed E-state index contributed by atoms with van der Waals surface area (Å²) in [6.45, 7) is 4.55. The lowest BCUT2D eigenvalue weighted by Gasteiger charge is -2.07. The molecule has 0 fully saturated rings. The van der Waals surface area contributed by atoms with Crippen LogP contribution in [0, 0.1) is 0 Å². The van der Waals surface area contributed by atoms with Crippen LogP contribution in [0.1, 0.15) is 26.7 Å². The Labute approximate surface area is 83.9 Å². The van der Waals surface area contributed by atoms with E-state index in [1.807, 2.05) is 13.8 Å². The zero-order chi connectivity index (χ0) is 11.0. The molecule has 0 aromatic rings. The quantitative estimate of drug-likeness (QED) is 0.506. The maximum atomic E-state index is 11.0. The fourth-order valence-corrected chi connectivity index (χ4v) is 0.902. The van der Waals surface area contributed by atoms with E-state index < -0.39 is 5.97 Å². The highest BCUT2D eigenvalue weighted by Crippen LogP contribution is 1.88. The lowest BCUT2D eigenvalue weighted by molar-refractivity contribution is -0.137. The number of aliphatic carboxylic acids is 1. The lowest BCUT2D eigenvalue weighted by Crippen LogP contribution is -2.30. The van der Waals surface area contributed by atoms with Gasteiger partial charge in [-0.1, -0.05) is 13.8 Å². The molecule has 0 aromatic carbocycles. The molecule has 0 spiro atoms. The molecule has 5 heteroatoms. The first-order valence-electron chi connectivity index (χ1n) is 4.74. The molecule has 0 aliphatic rings. The van der Waals surface area contributed by atoms with Crippen LogP contribution in [0.2, 0.25) is 0 Å². The Kier molecular flexibility index (Phi) is 6.74. The first-order valence-corrected chi connectivity index (χ1v) is 4.74. The van der Waals surface area contributed by atoms with Crippen molar-refractivity contribution in [2.45, 2.75) is 32.7 Å². The van der Waals surface area contributed by atoms with E-state index in [4.69, 9.17) is 5.11 Å². The van der Waals surface area contributed by atoms with Crippen molar-refractivity contribution in [3.63, 3.8) is 0 Å². The molecule has 0 aliphatic heterocycles. The zero-order valence-corrected chi connectivity index (χ0v) is 8.67. The van der Waals surface area contributed by atoms with Crippen molar-refractivity contribution in [3.05, 3.63) is 0 Å². The normalized spacial score (nSPS) is 10.2. The molecule has 82 valence electrons. The van der Waals surface area contributed by atoms with Crippen molar-refractivity contribution in [2.24, 2.45) is 0 Å². The van der Waals surface area contributed by atoms with Crippen molar-refractivity contribution in [3.8, 4) is 0 Å². The highest BCUT2D eigenvalue weighted by Gasteiger charge is 2.03. The van der Waals surface area contributed by atoms with Gasteiger partial charge in [0.25, 0.3) is 0 Å². The van der Waals surface area contributed by atoms with Crippen molar-refractivity contribution in [2.75, 3.05) is 13.1 Å². The number of amides is 1. The van der Waals surface area contributed by atoms with Crippen LogP contribution in [0.5, 0.6) is 0 Å². The van der Waals surface area contributed by atoms with Gasteiger partial charge in [0.2, 0.25) is 5.91 Å². The molecule has 0 aromatic heterocycles. The Morgan fingerprint density at radius 1 is 1.36 bits per heavy atom. The standard InChI is InChI=1S/C9H18N2O3/c1-7(2)10-5-3-4-8(12)11-6-9(13)14/h7,10H,3-6H2,1-2H3,(H,11,12)(H,13,14). The second-order valence-corrected chi connectivity index (χ2v) is 3.38. The minimum atomic E-state index is -1.02. The molecule has 0 heterocycles. The van der Waals surface area contributed by atoms with Crippen LogP contribution in [-0.2, 0) is 9.59 Å². The average Bonchev–Trinajstić information content (AvgIpc) is 2.08. The number of carboxylic acid groups (broad SMARTS) is 1. The average molecular weight is 202 g/mol. The Morgan fingerprint density at radius 3 is 2.50 bits per heavy atom. The van der Waals surface area contributed by atoms with Gasteiger partial charge >= 0.3 is 5.97 Å².